The fraction of sp³-hybridized carbons (Fsp3) is 0.412. The van der Waals surface area contributed by atoms with Crippen LogP contribution in [0.15, 0.2) is 36.9 Å². The van der Waals surface area contributed by atoms with Crippen molar-refractivity contribution >= 4 is 11.8 Å². The van der Waals surface area contributed by atoms with Crippen LogP contribution in [0.2, 0.25) is 0 Å². The first kappa shape index (κ1) is 17.1. The van der Waals surface area contributed by atoms with Gasteiger partial charge in [0.1, 0.15) is 6.61 Å². The number of pyridine rings is 1. The maximum atomic E-state index is 13.0. The Morgan fingerprint density at radius 1 is 1.36 bits per heavy atom. The third kappa shape index (κ3) is 3.53. The molecular formula is C17H21N5O3. The van der Waals surface area contributed by atoms with Crippen molar-refractivity contribution < 1.29 is 14.3 Å². The largest absolute Gasteiger partial charge is 0.356 e. The molecule has 2 aromatic heterocycles. The lowest BCUT2D eigenvalue weighted by Crippen LogP contribution is -2.53. The summed E-state index contributed by atoms with van der Waals surface area (Å²) in [5.41, 5.74) is 1.75. The van der Waals surface area contributed by atoms with Crippen molar-refractivity contribution in [2.24, 2.45) is 7.05 Å². The normalized spacial score (nSPS) is 20.6. The highest BCUT2D eigenvalue weighted by molar-refractivity contribution is 5.86. The van der Waals surface area contributed by atoms with Gasteiger partial charge < -0.3 is 14.5 Å². The average Bonchev–Trinajstić information content (AvgIpc) is 3.03. The predicted molar refractivity (Wildman–Crippen MR) is 89.2 cm³/mol. The van der Waals surface area contributed by atoms with Crippen LogP contribution in [-0.4, -0.2) is 63.2 Å². The summed E-state index contributed by atoms with van der Waals surface area (Å²) in [6, 6.07) is 3.22. The molecule has 132 valence electrons. The van der Waals surface area contributed by atoms with Gasteiger partial charge in [-0.3, -0.25) is 19.3 Å². The number of hydrogen-bond donors (Lipinski definition) is 0. The molecule has 0 unspecified atom stereocenters. The fourth-order valence-corrected chi connectivity index (χ4v) is 2.97. The number of carbonyl (C=O) groups is 2. The molecule has 3 heterocycles. The van der Waals surface area contributed by atoms with E-state index in [0.29, 0.717) is 6.54 Å². The van der Waals surface area contributed by atoms with Crippen LogP contribution in [0.1, 0.15) is 17.2 Å². The molecule has 0 N–H and O–H groups in total. The third-order valence-corrected chi connectivity index (χ3v) is 4.34. The number of aryl methyl sites for hydroxylation is 1. The van der Waals surface area contributed by atoms with E-state index in [2.05, 4.69) is 10.1 Å². The Hall–Kier alpha value is -2.74. The summed E-state index contributed by atoms with van der Waals surface area (Å²) in [4.78, 5) is 32.2. The molecule has 8 nitrogen and oxygen atoms in total. The van der Waals surface area contributed by atoms with E-state index >= 15 is 0 Å². The van der Waals surface area contributed by atoms with Crippen molar-refractivity contribution in [3.63, 3.8) is 0 Å². The summed E-state index contributed by atoms with van der Waals surface area (Å²) in [6.07, 6.45) is 6.07. The summed E-state index contributed by atoms with van der Waals surface area (Å²) in [5, 5.41) is 4.15. The molecule has 1 fully saturated rings. The molecule has 2 atom stereocenters. The standard InChI is InChI=1S/C17H21N5O3/c1-20(9-12-4-6-18-7-5-12)17(24)16-15(13-8-19-21(2)10-13)22(3)14(23)11-25-16/h4-8,10,15-16H,9,11H2,1-3H3/t15-,16+/m0/s1. The smallest absolute Gasteiger partial charge is 0.254 e. The Balaban J connectivity index is 1.82. The number of nitrogens with zero attached hydrogens (tertiary/aromatic N) is 5. The first-order valence-corrected chi connectivity index (χ1v) is 7.97. The van der Waals surface area contributed by atoms with Crippen LogP contribution in [0, 0.1) is 0 Å². The molecular weight excluding hydrogens is 322 g/mol. The minimum Gasteiger partial charge on any atom is -0.356 e. The minimum atomic E-state index is -0.765. The van der Waals surface area contributed by atoms with Gasteiger partial charge in [0, 0.05) is 51.8 Å². The van der Waals surface area contributed by atoms with Gasteiger partial charge in [-0.05, 0) is 17.7 Å². The molecule has 1 aliphatic rings. The lowest BCUT2D eigenvalue weighted by Gasteiger charge is -2.39. The van der Waals surface area contributed by atoms with E-state index in [0.717, 1.165) is 11.1 Å². The first-order chi connectivity index (χ1) is 12.0. The van der Waals surface area contributed by atoms with Crippen LogP contribution in [0.4, 0.5) is 0 Å². The van der Waals surface area contributed by atoms with Crippen molar-refractivity contribution in [3.8, 4) is 0 Å². The predicted octanol–water partition coefficient (Wildman–Crippen LogP) is 0.372. The number of amides is 2. The van der Waals surface area contributed by atoms with Crippen molar-refractivity contribution in [2.45, 2.75) is 18.7 Å². The maximum absolute atomic E-state index is 13.0. The highest BCUT2D eigenvalue weighted by Crippen LogP contribution is 2.30. The van der Waals surface area contributed by atoms with Gasteiger partial charge in [-0.1, -0.05) is 0 Å². The van der Waals surface area contributed by atoms with Gasteiger partial charge in [0.05, 0.1) is 12.2 Å². The molecule has 0 aliphatic carbocycles. The molecule has 2 amide bonds. The van der Waals surface area contributed by atoms with Crippen molar-refractivity contribution in [1.82, 2.24) is 24.6 Å². The van der Waals surface area contributed by atoms with Gasteiger partial charge >= 0.3 is 0 Å². The topological polar surface area (TPSA) is 80.6 Å². The Bertz CT molecular complexity index is 761. The number of likely N-dealkylation sites (N-methyl/N-ethyl adjacent to an activating group) is 2. The highest BCUT2D eigenvalue weighted by Gasteiger charge is 2.41. The van der Waals surface area contributed by atoms with Crippen LogP contribution in [0.5, 0.6) is 0 Å². The van der Waals surface area contributed by atoms with Gasteiger partial charge in [0.15, 0.2) is 6.10 Å². The van der Waals surface area contributed by atoms with Gasteiger partial charge in [-0.25, -0.2) is 0 Å². The molecule has 0 aromatic carbocycles. The van der Waals surface area contributed by atoms with E-state index < -0.39 is 12.1 Å². The lowest BCUT2D eigenvalue weighted by atomic mass is 10.00. The second-order valence-electron chi connectivity index (χ2n) is 6.18. The molecule has 0 saturated carbocycles. The van der Waals surface area contributed by atoms with Gasteiger partial charge in [-0.2, -0.15) is 5.10 Å². The number of aromatic nitrogens is 3. The summed E-state index contributed by atoms with van der Waals surface area (Å²) in [5.74, 6) is -0.334. The Morgan fingerprint density at radius 3 is 2.72 bits per heavy atom. The van der Waals surface area contributed by atoms with Crippen LogP contribution in [-0.2, 0) is 27.9 Å². The first-order valence-electron chi connectivity index (χ1n) is 7.97. The highest BCUT2D eigenvalue weighted by atomic mass is 16.5. The molecule has 8 heteroatoms. The number of hydrogen-bond acceptors (Lipinski definition) is 5. The summed E-state index contributed by atoms with van der Waals surface area (Å²) in [6.45, 7) is 0.339. The van der Waals surface area contributed by atoms with E-state index in [1.807, 2.05) is 12.1 Å². The van der Waals surface area contributed by atoms with Gasteiger partial charge in [-0.15, -0.1) is 0 Å². The summed E-state index contributed by atoms with van der Waals surface area (Å²) < 4.78 is 7.27. The maximum Gasteiger partial charge on any atom is 0.254 e. The van der Waals surface area contributed by atoms with E-state index in [-0.39, 0.29) is 18.4 Å². The molecule has 0 radical (unpaired) electrons. The Kier molecular flexibility index (Phi) is 4.80. The minimum absolute atomic E-state index is 0.104. The lowest BCUT2D eigenvalue weighted by molar-refractivity contribution is -0.167. The van der Waals surface area contributed by atoms with E-state index in [1.54, 1.807) is 60.4 Å². The van der Waals surface area contributed by atoms with Crippen molar-refractivity contribution in [1.29, 1.82) is 0 Å². The SMILES string of the molecule is CN(Cc1ccncc1)C(=O)[C@@H]1OCC(=O)N(C)[C@H]1c1cnn(C)c1. The molecule has 1 saturated heterocycles. The zero-order valence-corrected chi connectivity index (χ0v) is 14.5. The molecule has 2 aromatic rings. The van der Waals surface area contributed by atoms with Crippen LogP contribution in [0.25, 0.3) is 0 Å². The average molecular weight is 343 g/mol. The quantitative estimate of drug-likeness (QED) is 0.801. The van der Waals surface area contributed by atoms with Crippen LogP contribution < -0.4 is 0 Å². The zero-order chi connectivity index (χ0) is 18.0. The third-order valence-electron chi connectivity index (χ3n) is 4.34. The number of carbonyl (C=O) groups excluding carboxylic acids is 2. The molecule has 25 heavy (non-hydrogen) atoms. The molecule has 0 spiro atoms. The van der Waals surface area contributed by atoms with Crippen molar-refractivity contribution in [2.75, 3.05) is 20.7 Å². The van der Waals surface area contributed by atoms with Gasteiger partial charge in [0.25, 0.3) is 5.91 Å². The molecule has 1 aliphatic heterocycles. The second-order valence-corrected chi connectivity index (χ2v) is 6.18. The Morgan fingerprint density at radius 2 is 2.08 bits per heavy atom. The number of ether oxygens (including phenoxy) is 1. The number of rotatable bonds is 4. The van der Waals surface area contributed by atoms with E-state index in [9.17, 15) is 9.59 Å². The molecule has 0 bridgehead atoms. The zero-order valence-electron chi connectivity index (χ0n) is 14.5. The molecule has 3 rings (SSSR count). The van der Waals surface area contributed by atoms with E-state index in [1.165, 1.54) is 0 Å². The van der Waals surface area contributed by atoms with Crippen LogP contribution >= 0.6 is 0 Å². The summed E-state index contributed by atoms with van der Waals surface area (Å²) in [7, 11) is 5.20. The van der Waals surface area contributed by atoms with Gasteiger partial charge in [0.2, 0.25) is 5.91 Å². The monoisotopic (exact) mass is 343 g/mol. The summed E-state index contributed by atoms with van der Waals surface area (Å²) >= 11 is 0. The number of morpholine rings is 1. The van der Waals surface area contributed by atoms with Crippen LogP contribution in [0.3, 0.4) is 0 Å². The fourth-order valence-electron chi connectivity index (χ4n) is 2.97. The van der Waals surface area contributed by atoms with Crippen molar-refractivity contribution in [3.05, 3.63) is 48.0 Å². The second kappa shape index (κ2) is 7.02. The Labute approximate surface area is 146 Å². The van der Waals surface area contributed by atoms with E-state index in [4.69, 9.17) is 4.74 Å².